The van der Waals surface area contributed by atoms with Crippen molar-refractivity contribution in [2.24, 2.45) is 5.73 Å². The number of hydrogen-bond donors (Lipinski definition) is 2. The lowest BCUT2D eigenvalue weighted by molar-refractivity contribution is 0.464. The molecule has 1 atom stereocenters. The van der Waals surface area contributed by atoms with Crippen LogP contribution in [0.2, 0.25) is 0 Å². The molecule has 0 radical (unpaired) electrons. The molecule has 0 saturated heterocycles. The lowest BCUT2D eigenvalue weighted by atomic mass is 10.0. The van der Waals surface area contributed by atoms with E-state index in [0.29, 0.717) is 5.56 Å². The van der Waals surface area contributed by atoms with Gasteiger partial charge < -0.3 is 10.8 Å². The molecule has 3 N–H and O–H groups in total. The molecule has 0 unspecified atom stereocenters. The van der Waals surface area contributed by atoms with Crippen molar-refractivity contribution in [3.8, 4) is 11.8 Å². The predicted molar refractivity (Wildman–Crippen MR) is 49.9 cm³/mol. The summed E-state index contributed by atoms with van der Waals surface area (Å²) in [6, 6.07) is 6.32. The van der Waals surface area contributed by atoms with Gasteiger partial charge in [-0.25, -0.2) is 0 Å². The predicted octanol–water partition coefficient (Wildman–Crippen LogP) is 1.45. The van der Waals surface area contributed by atoms with E-state index in [1.165, 1.54) is 12.1 Å². The summed E-state index contributed by atoms with van der Waals surface area (Å²) in [6.07, 6.45) is 1.51. The molecule has 0 heterocycles. The summed E-state index contributed by atoms with van der Waals surface area (Å²) in [5.41, 5.74) is 6.38. The Balaban J connectivity index is 3.25. The number of nitriles is 1. The first-order valence-electron chi connectivity index (χ1n) is 3.80. The minimum atomic E-state index is -0.437. The number of para-hydroxylation sites is 1. The van der Waals surface area contributed by atoms with Crippen LogP contribution in [0.3, 0.4) is 0 Å². The molecule has 0 spiro atoms. The van der Waals surface area contributed by atoms with Gasteiger partial charge in [-0.15, -0.1) is 6.58 Å². The van der Waals surface area contributed by atoms with Gasteiger partial charge in [0.15, 0.2) is 0 Å². The minimum absolute atomic E-state index is 0.0580. The molecular weight excluding hydrogens is 164 g/mol. The Bertz CT molecular complexity index is 366. The Labute approximate surface area is 76.7 Å². The molecule has 0 aliphatic heterocycles. The van der Waals surface area contributed by atoms with E-state index in [4.69, 9.17) is 11.0 Å². The number of rotatable bonds is 2. The summed E-state index contributed by atoms with van der Waals surface area (Å²) >= 11 is 0. The highest BCUT2D eigenvalue weighted by Crippen LogP contribution is 2.26. The Kier molecular flexibility index (Phi) is 2.68. The maximum atomic E-state index is 9.54. The van der Waals surface area contributed by atoms with Gasteiger partial charge in [-0.1, -0.05) is 18.2 Å². The first kappa shape index (κ1) is 9.30. The van der Waals surface area contributed by atoms with Crippen LogP contribution in [-0.4, -0.2) is 5.11 Å². The van der Waals surface area contributed by atoms with Crippen LogP contribution in [0, 0.1) is 11.3 Å². The smallest absolute Gasteiger partial charge is 0.138 e. The van der Waals surface area contributed by atoms with E-state index in [-0.39, 0.29) is 11.3 Å². The Morgan fingerprint density at radius 3 is 2.85 bits per heavy atom. The summed E-state index contributed by atoms with van der Waals surface area (Å²) in [6.45, 7) is 3.51. The summed E-state index contributed by atoms with van der Waals surface area (Å²) < 4.78 is 0. The van der Waals surface area contributed by atoms with Gasteiger partial charge in [0.1, 0.15) is 11.8 Å². The van der Waals surface area contributed by atoms with Crippen LogP contribution in [-0.2, 0) is 0 Å². The molecular formula is C10H10N2O. The number of phenolic OH excluding ortho intramolecular Hbond substituents is 1. The number of benzene rings is 1. The van der Waals surface area contributed by atoms with Crippen molar-refractivity contribution in [1.29, 1.82) is 5.26 Å². The molecule has 3 heteroatoms. The molecule has 13 heavy (non-hydrogen) atoms. The second-order valence-corrected chi connectivity index (χ2v) is 2.62. The van der Waals surface area contributed by atoms with Crippen LogP contribution in [0.5, 0.6) is 5.75 Å². The lowest BCUT2D eigenvalue weighted by Gasteiger charge is -2.09. The standard InChI is InChI=1S/C10H10N2O/c1-2-9(12)8-5-3-4-7(6-11)10(8)13/h2-5,9,13H,1,12H2/t9-/m1/s1. The molecule has 0 amide bonds. The van der Waals surface area contributed by atoms with Crippen LogP contribution in [0.15, 0.2) is 30.9 Å². The van der Waals surface area contributed by atoms with Crippen LogP contribution < -0.4 is 5.73 Å². The molecule has 1 aromatic carbocycles. The van der Waals surface area contributed by atoms with E-state index in [2.05, 4.69) is 6.58 Å². The summed E-state index contributed by atoms with van der Waals surface area (Å²) in [7, 11) is 0. The van der Waals surface area contributed by atoms with Crippen molar-refractivity contribution in [2.75, 3.05) is 0 Å². The van der Waals surface area contributed by atoms with E-state index >= 15 is 0 Å². The third-order valence-corrected chi connectivity index (χ3v) is 1.80. The highest BCUT2D eigenvalue weighted by molar-refractivity contribution is 5.49. The number of hydrogen-bond acceptors (Lipinski definition) is 3. The van der Waals surface area contributed by atoms with Crippen LogP contribution in [0.25, 0.3) is 0 Å². The molecule has 0 bridgehead atoms. The quantitative estimate of drug-likeness (QED) is 0.666. The molecule has 0 aromatic heterocycles. The second kappa shape index (κ2) is 3.74. The first-order valence-corrected chi connectivity index (χ1v) is 3.80. The van der Waals surface area contributed by atoms with Gasteiger partial charge in [0.2, 0.25) is 0 Å². The van der Waals surface area contributed by atoms with E-state index in [1.54, 1.807) is 12.1 Å². The van der Waals surface area contributed by atoms with Crippen molar-refractivity contribution >= 4 is 0 Å². The zero-order chi connectivity index (χ0) is 9.84. The average Bonchev–Trinajstić information content (AvgIpc) is 2.17. The Morgan fingerprint density at radius 2 is 2.31 bits per heavy atom. The van der Waals surface area contributed by atoms with E-state index in [1.807, 2.05) is 6.07 Å². The first-order chi connectivity index (χ1) is 6.20. The third-order valence-electron chi connectivity index (χ3n) is 1.80. The monoisotopic (exact) mass is 174 g/mol. The van der Waals surface area contributed by atoms with Gasteiger partial charge in [0.25, 0.3) is 0 Å². The maximum absolute atomic E-state index is 9.54. The van der Waals surface area contributed by atoms with Gasteiger partial charge in [0, 0.05) is 5.56 Å². The molecule has 66 valence electrons. The van der Waals surface area contributed by atoms with Crippen molar-refractivity contribution in [1.82, 2.24) is 0 Å². The summed E-state index contributed by atoms with van der Waals surface area (Å²) in [5, 5.41) is 18.2. The summed E-state index contributed by atoms with van der Waals surface area (Å²) in [4.78, 5) is 0. The SMILES string of the molecule is C=C[C@@H](N)c1cccc(C#N)c1O. The number of nitrogens with two attached hydrogens (primary N) is 1. The fraction of sp³-hybridized carbons (Fsp3) is 0.100. The van der Waals surface area contributed by atoms with Crippen LogP contribution in [0.1, 0.15) is 17.2 Å². The van der Waals surface area contributed by atoms with E-state index < -0.39 is 6.04 Å². The van der Waals surface area contributed by atoms with Gasteiger partial charge in [-0.3, -0.25) is 0 Å². The van der Waals surface area contributed by atoms with Crippen molar-refractivity contribution in [2.45, 2.75) is 6.04 Å². The van der Waals surface area contributed by atoms with Crippen molar-refractivity contribution in [3.63, 3.8) is 0 Å². The summed E-state index contributed by atoms with van der Waals surface area (Å²) in [5.74, 6) is -0.0580. The largest absolute Gasteiger partial charge is 0.506 e. The number of phenols is 1. The highest BCUT2D eigenvalue weighted by Gasteiger charge is 2.10. The molecule has 0 fully saturated rings. The normalized spacial score (nSPS) is 11.7. The number of nitrogens with zero attached hydrogens (tertiary/aromatic N) is 1. The molecule has 0 aliphatic carbocycles. The van der Waals surface area contributed by atoms with Crippen molar-refractivity contribution < 1.29 is 5.11 Å². The highest BCUT2D eigenvalue weighted by atomic mass is 16.3. The van der Waals surface area contributed by atoms with E-state index in [9.17, 15) is 5.11 Å². The van der Waals surface area contributed by atoms with E-state index in [0.717, 1.165) is 0 Å². The zero-order valence-corrected chi connectivity index (χ0v) is 7.07. The third kappa shape index (κ3) is 1.68. The zero-order valence-electron chi connectivity index (χ0n) is 7.07. The number of aromatic hydroxyl groups is 1. The molecule has 0 aliphatic rings. The Morgan fingerprint density at radius 1 is 1.62 bits per heavy atom. The molecule has 1 aromatic rings. The fourth-order valence-corrected chi connectivity index (χ4v) is 1.05. The lowest BCUT2D eigenvalue weighted by Crippen LogP contribution is -2.06. The maximum Gasteiger partial charge on any atom is 0.138 e. The molecule has 3 nitrogen and oxygen atoms in total. The van der Waals surface area contributed by atoms with Crippen molar-refractivity contribution in [3.05, 3.63) is 42.0 Å². The second-order valence-electron chi connectivity index (χ2n) is 2.62. The minimum Gasteiger partial charge on any atom is -0.506 e. The molecule has 0 saturated carbocycles. The van der Waals surface area contributed by atoms with Gasteiger partial charge in [-0.05, 0) is 6.07 Å². The Hall–Kier alpha value is -1.79. The van der Waals surface area contributed by atoms with Gasteiger partial charge >= 0.3 is 0 Å². The van der Waals surface area contributed by atoms with Crippen LogP contribution >= 0.6 is 0 Å². The van der Waals surface area contributed by atoms with Gasteiger partial charge in [0.05, 0.1) is 11.6 Å². The average molecular weight is 174 g/mol. The fourth-order valence-electron chi connectivity index (χ4n) is 1.05. The van der Waals surface area contributed by atoms with Gasteiger partial charge in [-0.2, -0.15) is 5.26 Å². The van der Waals surface area contributed by atoms with Crippen LogP contribution in [0.4, 0.5) is 0 Å². The molecule has 1 rings (SSSR count). The topological polar surface area (TPSA) is 70.0 Å².